The van der Waals surface area contributed by atoms with Crippen LogP contribution in [0.15, 0.2) is 0 Å². The molecule has 0 aliphatic heterocycles. The smallest absolute Gasteiger partial charge is 0.408 e. The van der Waals surface area contributed by atoms with E-state index in [-0.39, 0.29) is 0 Å². The van der Waals surface area contributed by atoms with E-state index >= 15 is 0 Å². The lowest BCUT2D eigenvalue weighted by Crippen LogP contribution is -2.45. The van der Waals surface area contributed by atoms with Gasteiger partial charge in [-0.05, 0) is 32.4 Å². The number of carbonyl (C=O) groups is 2. The summed E-state index contributed by atoms with van der Waals surface area (Å²) in [5.41, 5.74) is -0.587. The van der Waals surface area contributed by atoms with Gasteiger partial charge in [0.2, 0.25) is 0 Å². The molecule has 0 aliphatic rings. The lowest BCUT2D eigenvalue weighted by atomic mass is 10.2. The maximum atomic E-state index is 11.6. The molecule has 0 radical (unpaired) electrons. The molecule has 0 rings (SSSR count). The van der Waals surface area contributed by atoms with Gasteiger partial charge in [0, 0.05) is 5.75 Å². The highest BCUT2D eigenvalue weighted by molar-refractivity contribution is 7.99. The van der Waals surface area contributed by atoms with Crippen LogP contribution in [0.25, 0.3) is 0 Å². The Balaban J connectivity index is 4.35. The second-order valence-electron chi connectivity index (χ2n) is 5.65. The van der Waals surface area contributed by atoms with E-state index in [0.717, 1.165) is 5.75 Å². The van der Waals surface area contributed by atoms with Crippen LogP contribution >= 0.6 is 11.8 Å². The largest absolute Gasteiger partial charge is 0.467 e. The van der Waals surface area contributed by atoms with Gasteiger partial charge in [0.1, 0.15) is 11.6 Å². The molecular weight excluding hydrogens is 266 g/mol. The molecule has 0 aromatic heterocycles. The Morgan fingerprint density at radius 3 is 2.21 bits per heavy atom. The average molecular weight is 291 g/mol. The number of methoxy groups -OCH3 is 1. The SMILES string of the molecule is COC(=O)C(CSCC(C)C)NC(=O)OC(C)(C)C. The highest BCUT2D eigenvalue weighted by Gasteiger charge is 2.24. The summed E-state index contributed by atoms with van der Waals surface area (Å²) >= 11 is 1.60. The van der Waals surface area contributed by atoms with E-state index in [2.05, 4.69) is 23.9 Å². The summed E-state index contributed by atoms with van der Waals surface area (Å²) in [4.78, 5) is 23.2. The van der Waals surface area contributed by atoms with Gasteiger partial charge in [-0.2, -0.15) is 11.8 Å². The molecule has 19 heavy (non-hydrogen) atoms. The van der Waals surface area contributed by atoms with E-state index in [1.54, 1.807) is 32.5 Å². The molecule has 0 aromatic carbocycles. The summed E-state index contributed by atoms with van der Waals surface area (Å²) in [6.07, 6.45) is -0.604. The van der Waals surface area contributed by atoms with Crippen LogP contribution in [0.2, 0.25) is 0 Å². The summed E-state index contributed by atoms with van der Waals surface area (Å²) in [7, 11) is 1.30. The van der Waals surface area contributed by atoms with Gasteiger partial charge >= 0.3 is 12.1 Å². The van der Waals surface area contributed by atoms with Crippen LogP contribution < -0.4 is 5.32 Å². The first-order valence-electron chi connectivity index (χ1n) is 6.30. The fraction of sp³-hybridized carbons (Fsp3) is 0.846. The van der Waals surface area contributed by atoms with Crippen molar-refractivity contribution < 1.29 is 19.1 Å². The normalized spacial score (nSPS) is 13.0. The van der Waals surface area contributed by atoms with Crippen molar-refractivity contribution in [2.75, 3.05) is 18.6 Å². The predicted molar refractivity (Wildman–Crippen MR) is 77.3 cm³/mol. The van der Waals surface area contributed by atoms with E-state index in [4.69, 9.17) is 4.74 Å². The van der Waals surface area contributed by atoms with E-state index in [1.807, 2.05) is 0 Å². The molecule has 0 fully saturated rings. The molecule has 0 aromatic rings. The molecule has 0 aliphatic carbocycles. The number of amides is 1. The Bertz CT molecular complexity index is 300. The van der Waals surface area contributed by atoms with Gasteiger partial charge in [0.25, 0.3) is 0 Å². The lowest BCUT2D eigenvalue weighted by Gasteiger charge is -2.22. The summed E-state index contributed by atoms with van der Waals surface area (Å²) in [5.74, 6) is 1.47. The van der Waals surface area contributed by atoms with Gasteiger partial charge in [0.15, 0.2) is 0 Å². The Kier molecular flexibility index (Phi) is 7.90. The van der Waals surface area contributed by atoms with Crippen molar-refractivity contribution in [2.24, 2.45) is 5.92 Å². The molecule has 0 bridgehead atoms. The number of esters is 1. The van der Waals surface area contributed by atoms with Crippen molar-refractivity contribution in [1.29, 1.82) is 0 Å². The summed E-state index contributed by atoms with van der Waals surface area (Å²) in [5, 5.41) is 2.54. The summed E-state index contributed by atoms with van der Waals surface area (Å²) in [6, 6.07) is -0.677. The summed E-state index contributed by atoms with van der Waals surface area (Å²) in [6.45, 7) is 9.51. The van der Waals surface area contributed by atoms with Gasteiger partial charge in [-0.3, -0.25) is 0 Å². The number of hydrogen-bond donors (Lipinski definition) is 1. The highest BCUT2D eigenvalue weighted by atomic mass is 32.2. The monoisotopic (exact) mass is 291 g/mol. The van der Waals surface area contributed by atoms with E-state index in [0.29, 0.717) is 11.7 Å². The first-order valence-corrected chi connectivity index (χ1v) is 7.46. The minimum Gasteiger partial charge on any atom is -0.467 e. The molecule has 1 N–H and O–H groups in total. The fourth-order valence-corrected chi connectivity index (χ4v) is 2.24. The van der Waals surface area contributed by atoms with Gasteiger partial charge in [0.05, 0.1) is 7.11 Å². The standard InChI is InChI=1S/C13H25NO4S/c1-9(2)7-19-8-10(11(15)17-6)14-12(16)18-13(3,4)5/h9-10H,7-8H2,1-6H3,(H,14,16). The van der Waals surface area contributed by atoms with Crippen molar-refractivity contribution in [3.8, 4) is 0 Å². The van der Waals surface area contributed by atoms with Gasteiger partial charge in [-0.15, -0.1) is 0 Å². The first-order chi connectivity index (χ1) is 8.65. The molecule has 112 valence electrons. The molecule has 0 saturated carbocycles. The zero-order chi connectivity index (χ0) is 15.1. The second kappa shape index (κ2) is 8.30. The topological polar surface area (TPSA) is 64.6 Å². The maximum absolute atomic E-state index is 11.6. The third kappa shape index (κ3) is 9.64. The van der Waals surface area contributed by atoms with Gasteiger partial charge < -0.3 is 14.8 Å². The second-order valence-corrected chi connectivity index (χ2v) is 6.73. The molecule has 1 amide bonds. The third-order valence-electron chi connectivity index (χ3n) is 1.91. The zero-order valence-corrected chi connectivity index (χ0v) is 13.4. The minimum atomic E-state index is -0.677. The van der Waals surface area contributed by atoms with Gasteiger partial charge in [-0.1, -0.05) is 13.8 Å². The van der Waals surface area contributed by atoms with E-state index < -0.39 is 23.7 Å². The fourth-order valence-electron chi connectivity index (χ4n) is 1.18. The molecule has 0 saturated heterocycles. The molecule has 1 atom stereocenters. The van der Waals surface area contributed by atoms with Crippen LogP contribution in [-0.2, 0) is 14.3 Å². The first kappa shape index (κ1) is 18.1. The molecule has 5 nitrogen and oxygen atoms in total. The van der Waals surface area contributed by atoms with Crippen LogP contribution in [0.4, 0.5) is 4.79 Å². The van der Waals surface area contributed by atoms with Crippen molar-refractivity contribution in [3.63, 3.8) is 0 Å². The predicted octanol–water partition coefficient (Wildman–Crippen LogP) is 2.44. The quantitative estimate of drug-likeness (QED) is 0.761. The molecule has 1 unspecified atom stereocenters. The van der Waals surface area contributed by atoms with E-state index in [1.165, 1.54) is 7.11 Å². The molecule has 6 heteroatoms. The minimum absolute atomic E-state index is 0.456. The van der Waals surface area contributed by atoms with Crippen molar-refractivity contribution in [1.82, 2.24) is 5.32 Å². The van der Waals surface area contributed by atoms with Crippen LogP contribution in [-0.4, -0.2) is 42.3 Å². The van der Waals surface area contributed by atoms with Crippen molar-refractivity contribution in [2.45, 2.75) is 46.3 Å². The van der Waals surface area contributed by atoms with Crippen LogP contribution in [0.3, 0.4) is 0 Å². The molecular formula is C13H25NO4S. The van der Waals surface area contributed by atoms with Crippen LogP contribution in [0.5, 0.6) is 0 Å². The Labute approximate surface area is 119 Å². The number of nitrogens with one attached hydrogen (secondary N) is 1. The number of alkyl carbamates (subject to hydrolysis) is 1. The number of ether oxygens (including phenoxy) is 2. The number of carbonyl (C=O) groups excluding carboxylic acids is 2. The van der Waals surface area contributed by atoms with Crippen LogP contribution in [0.1, 0.15) is 34.6 Å². The highest BCUT2D eigenvalue weighted by Crippen LogP contribution is 2.11. The number of rotatable bonds is 6. The Morgan fingerprint density at radius 1 is 1.21 bits per heavy atom. The average Bonchev–Trinajstić information content (AvgIpc) is 2.23. The van der Waals surface area contributed by atoms with Crippen molar-refractivity contribution >= 4 is 23.8 Å². The van der Waals surface area contributed by atoms with Crippen molar-refractivity contribution in [3.05, 3.63) is 0 Å². The third-order valence-corrected chi connectivity index (χ3v) is 3.38. The zero-order valence-electron chi connectivity index (χ0n) is 12.6. The lowest BCUT2D eigenvalue weighted by molar-refractivity contribution is -0.142. The van der Waals surface area contributed by atoms with Crippen LogP contribution in [0, 0.1) is 5.92 Å². The Hall–Kier alpha value is -0.910. The summed E-state index contributed by atoms with van der Waals surface area (Å²) < 4.78 is 9.80. The number of hydrogen-bond acceptors (Lipinski definition) is 5. The maximum Gasteiger partial charge on any atom is 0.408 e. The van der Waals surface area contributed by atoms with E-state index in [9.17, 15) is 9.59 Å². The Morgan fingerprint density at radius 2 is 1.79 bits per heavy atom. The van der Waals surface area contributed by atoms with Gasteiger partial charge in [-0.25, -0.2) is 9.59 Å². The molecule has 0 spiro atoms. The molecule has 0 heterocycles. The number of thioether (sulfide) groups is 1.